The van der Waals surface area contributed by atoms with Gasteiger partial charge in [-0.3, -0.25) is 9.59 Å². The molecule has 1 aliphatic rings. The van der Waals surface area contributed by atoms with E-state index in [-0.39, 0.29) is 18.4 Å². The molecule has 3 rings (SSSR count). The van der Waals surface area contributed by atoms with Gasteiger partial charge < -0.3 is 15.5 Å². The van der Waals surface area contributed by atoms with Gasteiger partial charge in [0.2, 0.25) is 5.91 Å². The molecule has 5 nitrogen and oxygen atoms in total. The number of likely N-dealkylation sites (tertiary alicyclic amines) is 1. The molecule has 1 heterocycles. The number of carbonyl (C=O) groups excluding carboxylic acids is 2. The molecule has 1 saturated heterocycles. The van der Waals surface area contributed by atoms with Crippen LogP contribution in [-0.4, -0.2) is 36.3 Å². The number of anilines is 1. The SMILES string of the molecule is Cc1ccc(CNC(=O)c2ccccc2NCC(=O)N2CCCCC2)cc1. The summed E-state index contributed by atoms with van der Waals surface area (Å²) >= 11 is 0. The fraction of sp³-hybridized carbons (Fsp3) is 0.364. The summed E-state index contributed by atoms with van der Waals surface area (Å²) in [6.45, 7) is 4.39. The molecule has 2 aromatic rings. The van der Waals surface area contributed by atoms with Crippen LogP contribution >= 0.6 is 0 Å². The number of nitrogens with one attached hydrogen (secondary N) is 2. The second-order valence-electron chi connectivity index (χ2n) is 7.01. The van der Waals surface area contributed by atoms with Crippen molar-refractivity contribution in [3.05, 3.63) is 65.2 Å². The maximum absolute atomic E-state index is 12.6. The first-order valence-corrected chi connectivity index (χ1v) is 9.58. The largest absolute Gasteiger partial charge is 0.376 e. The highest BCUT2D eigenvalue weighted by Crippen LogP contribution is 2.16. The van der Waals surface area contributed by atoms with Crippen LogP contribution in [0.5, 0.6) is 0 Å². The molecule has 0 unspecified atom stereocenters. The van der Waals surface area contributed by atoms with Gasteiger partial charge in [-0.2, -0.15) is 0 Å². The van der Waals surface area contributed by atoms with Crippen LogP contribution < -0.4 is 10.6 Å². The first kappa shape index (κ1) is 19.0. The molecule has 27 heavy (non-hydrogen) atoms. The summed E-state index contributed by atoms with van der Waals surface area (Å²) in [5.41, 5.74) is 3.48. The standard InChI is InChI=1S/C22H27N3O2/c1-17-9-11-18(12-10-17)15-24-22(27)19-7-3-4-8-20(19)23-16-21(26)25-13-5-2-6-14-25/h3-4,7-12,23H,2,5-6,13-16H2,1H3,(H,24,27). The Hall–Kier alpha value is -2.82. The molecule has 142 valence electrons. The molecule has 5 heteroatoms. The van der Waals surface area contributed by atoms with E-state index in [1.807, 2.05) is 54.3 Å². The Morgan fingerprint density at radius 1 is 0.963 bits per heavy atom. The molecule has 0 atom stereocenters. The lowest BCUT2D eigenvalue weighted by molar-refractivity contribution is -0.130. The third kappa shape index (κ3) is 5.33. The Morgan fingerprint density at radius 3 is 2.41 bits per heavy atom. The van der Waals surface area contributed by atoms with Crippen LogP contribution in [0.25, 0.3) is 0 Å². The molecule has 2 N–H and O–H groups in total. The zero-order valence-corrected chi connectivity index (χ0v) is 15.8. The average molecular weight is 365 g/mol. The van der Waals surface area contributed by atoms with Crippen LogP contribution in [-0.2, 0) is 11.3 Å². The lowest BCUT2D eigenvalue weighted by Gasteiger charge is -2.27. The summed E-state index contributed by atoms with van der Waals surface area (Å²) in [5, 5.41) is 6.10. The van der Waals surface area contributed by atoms with Crippen molar-refractivity contribution < 1.29 is 9.59 Å². The van der Waals surface area contributed by atoms with Gasteiger partial charge in [-0.15, -0.1) is 0 Å². The van der Waals surface area contributed by atoms with E-state index >= 15 is 0 Å². The Kier molecular flexibility index (Phi) is 6.47. The second-order valence-corrected chi connectivity index (χ2v) is 7.01. The van der Waals surface area contributed by atoms with E-state index in [2.05, 4.69) is 10.6 Å². The zero-order chi connectivity index (χ0) is 19.1. The average Bonchev–Trinajstić information content (AvgIpc) is 2.72. The Morgan fingerprint density at radius 2 is 1.67 bits per heavy atom. The van der Waals surface area contributed by atoms with Crippen molar-refractivity contribution in [3.8, 4) is 0 Å². The third-order valence-electron chi connectivity index (χ3n) is 4.88. The van der Waals surface area contributed by atoms with E-state index < -0.39 is 0 Å². The number of para-hydroxylation sites is 1. The minimum atomic E-state index is -0.149. The van der Waals surface area contributed by atoms with Crippen LogP contribution in [0.3, 0.4) is 0 Å². The summed E-state index contributed by atoms with van der Waals surface area (Å²) in [6.07, 6.45) is 3.34. The van der Waals surface area contributed by atoms with Crippen molar-refractivity contribution in [1.82, 2.24) is 10.2 Å². The van der Waals surface area contributed by atoms with Crippen molar-refractivity contribution in [2.45, 2.75) is 32.7 Å². The fourth-order valence-electron chi connectivity index (χ4n) is 3.24. The van der Waals surface area contributed by atoms with Crippen LogP contribution in [0.15, 0.2) is 48.5 Å². The van der Waals surface area contributed by atoms with Crippen LogP contribution in [0.1, 0.15) is 40.7 Å². The van der Waals surface area contributed by atoms with Gasteiger partial charge in [-0.1, -0.05) is 42.0 Å². The van der Waals surface area contributed by atoms with Crippen LogP contribution in [0.4, 0.5) is 5.69 Å². The van der Waals surface area contributed by atoms with Gasteiger partial charge in [0, 0.05) is 25.3 Å². The number of amides is 2. The predicted molar refractivity (Wildman–Crippen MR) is 108 cm³/mol. The highest BCUT2D eigenvalue weighted by molar-refractivity contribution is 6.00. The smallest absolute Gasteiger partial charge is 0.253 e. The van der Waals surface area contributed by atoms with Crippen molar-refractivity contribution in [2.24, 2.45) is 0 Å². The minimum absolute atomic E-state index is 0.0876. The molecule has 0 aromatic heterocycles. The topological polar surface area (TPSA) is 61.4 Å². The Labute approximate surface area is 160 Å². The van der Waals surface area contributed by atoms with Gasteiger partial charge in [0.15, 0.2) is 0 Å². The molecule has 0 bridgehead atoms. The van der Waals surface area contributed by atoms with Crippen molar-refractivity contribution in [3.63, 3.8) is 0 Å². The molecule has 1 fully saturated rings. The first-order valence-electron chi connectivity index (χ1n) is 9.58. The zero-order valence-electron chi connectivity index (χ0n) is 15.8. The number of hydrogen-bond acceptors (Lipinski definition) is 3. The lowest BCUT2D eigenvalue weighted by Crippen LogP contribution is -2.39. The van der Waals surface area contributed by atoms with Gasteiger partial charge in [0.05, 0.1) is 12.1 Å². The van der Waals surface area contributed by atoms with Crippen molar-refractivity contribution >= 4 is 17.5 Å². The monoisotopic (exact) mass is 365 g/mol. The number of hydrogen-bond donors (Lipinski definition) is 2. The quantitative estimate of drug-likeness (QED) is 0.825. The van der Waals surface area contributed by atoms with Gasteiger partial charge >= 0.3 is 0 Å². The van der Waals surface area contributed by atoms with Crippen molar-refractivity contribution in [2.75, 3.05) is 25.0 Å². The van der Waals surface area contributed by atoms with Gasteiger partial charge in [-0.25, -0.2) is 0 Å². The molecule has 0 radical (unpaired) electrons. The summed E-state index contributed by atoms with van der Waals surface area (Å²) in [7, 11) is 0. The molecule has 2 amide bonds. The second kappa shape index (κ2) is 9.21. The number of nitrogens with zero attached hydrogens (tertiary/aromatic N) is 1. The van der Waals surface area contributed by atoms with Crippen molar-refractivity contribution in [1.29, 1.82) is 0 Å². The maximum Gasteiger partial charge on any atom is 0.253 e. The van der Waals surface area contributed by atoms with Crippen LogP contribution in [0.2, 0.25) is 0 Å². The summed E-state index contributed by atoms with van der Waals surface area (Å²) in [6, 6.07) is 15.4. The summed E-state index contributed by atoms with van der Waals surface area (Å²) in [4.78, 5) is 26.9. The maximum atomic E-state index is 12.6. The van der Waals surface area contributed by atoms with Gasteiger partial charge in [0.1, 0.15) is 0 Å². The number of aryl methyl sites for hydroxylation is 1. The number of rotatable bonds is 6. The third-order valence-corrected chi connectivity index (χ3v) is 4.88. The molecule has 0 spiro atoms. The summed E-state index contributed by atoms with van der Waals surface area (Å²) < 4.78 is 0. The van der Waals surface area contributed by atoms with Gasteiger partial charge in [-0.05, 0) is 43.9 Å². The van der Waals surface area contributed by atoms with E-state index in [1.165, 1.54) is 12.0 Å². The highest BCUT2D eigenvalue weighted by Gasteiger charge is 2.17. The van der Waals surface area contributed by atoms with E-state index in [0.717, 1.165) is 31.5 Å². The van der Waals surface area contributed by atoms with Crippen LogP contribution in [0, 0.1) is 6.92 Å². The normalized spacial score (nSPS) is 13.9. The fourth-order valence-corrected chi connectivity index (χ4v) is 3.24. The molecule has 2 aromatic carbocycles. The highest BCUT2D eigenvalue weighted by atomic mass is 16.2. The van der Waals surface area contributed by atoms with E-state index in [4.69, 9.17) is 0 Å². The number of piperidine rings is 1. The van der Waals surface area contributed by atoms with E-state index in [0.29, 0.717) is 17.8 Å². The first-order chi connectivity index (χ1) is 13.1. The van der Waals surface area contributed by atoms with E-state index in [1.54, 1.807) is 6.07 Å². The van der Waals surface area contributed by atoms with Gasteiger partial charge in [0.25, 0.3) is 5.91 Å². The van der Waals surface area contributed by atoms with E-state index in [9.17, 15) is 9.59 Å². The Balaban J connectivity index is 1.58. The summed E-state index contributed by atoms with van der Waals surface area (Å²) in [5.74, 6) is -0.0614. The number of benzene rings is 2. The predicted octanol–water partition coefficient (Wildman–Crippen LogP) is 3.35. The minimum Gasteiger partial charge on any atom is -0.376 e. The molecular weight excluding hydrogens is 338 g/mol. The molecule has 0 saturated carbocycles. The molecule has 1 aliphatic heterocycles. The lowest BCUT2D eigenvalue weighted by atomic mass is 10.1. The molecular formula is C22H27N3O2. The Bertz CT molecular complexity index is 780. The molecule has 0 aliphatic carbocycles. The number of carbonyl (C=O) groups is 2.